The van der Waals surface area contributed by atoms with E-state index in [1.807, 2.05) is 0 Å². The quantitative estimate of drug-likeness (QED) is 0.181. The van der Waals surface area contributed by atoms with E-state index >= 15 is 0 Å². The molecule has 12 N–H and O–H groups in total. The molecular formula is C30H42O15. The van der Waals surface area contributed by atoms with Gasteiger partial charge < -0.3 is 61.3 Å². The van der Waals surface area contributed by atoms with Gasteiger partial charge in [0.25, 0.3) is 0 Å². The number of benzene rings is 3. The van der Waals surface area contributed by atoms with Crippen LogP contribution in [0, 0.1) is 0 Å². The zero-order chi connectivity index (χ0) is 35.5. The molecule has 0 aliphatic rings. The lowest BCUT2D eigenvalue weighted by molar-refractivity contribution is 0.0682. The summed E-state index contributed by atoms with van der Waals surface area (Å²) >= 11 is 0. The summed E-state index contributed by atoms with van der Waals surface area (Å²) in [5.74, 6) is -3.94. The van der Waals surface area contributed by atoms with Gasteiger partial charge in [0, 0.05) is 0 Å². The number of hydrogen-bond donors (Lipinski definition) is 12. The second kappa shape index (κ2) is 26.8. The average Bonchev–Trinajstić information content (AvgIpc) is 2.99. The van der Waals surface area contributed by atoms with E-state index in [0.717, 1.165) is 0 Å². The SMILES string of the molecule is CC(O)CO.CC(O)CO.CC(O)CO.O=C(O)c1ccccc1O.O=C(O)c1ccccc1O.O=C(O)c1ccccc1O. The van der Waals surface area contributed by atoms with Gasteiger partial charge in [-0.05, 0) is 57.2 Å². The van der Waals surface area contributed by atoms with E-state index in [0.29, 0.717) is 0 Å². The van der Waals surface area contributed by atoms with E-state index in [9.17, 15) is 14.4 Å². The Morgan fingerprint density at radius 3 is 0.711 bits per heavy atom. The van der Waals surface area contributed by atoms with Gasteiger partial charge >= 0.3 is 17.9 Å². The fourth-order valence-electron chi connectivity index (χ4n) is 1.96. The lowest BCUT2D eigenvalue weighted by atomic mass is 10.2. The smallest absolute Gasteiger partial charge is 0.339 e. The maximum atomic E-state index is 10.3. The van der Waals surface area contributed by atoms with Crippen molar-refractivity contribution in [3.63, 3.8) is 0 Å². The first-order chi connectivity index (χ1) is 21.0. The third-order valence-corrected chi connectivity index (χ3v) is 4.20. The van der Waals surface area contributed by atoms with Crippen molar-refractivity contribution in [3.8, 4) is 17.2 Å². The van der Waals surface area contributed by atoms with Gasteiger partial charge in [0.1, 0.15) is 33.9 Å². The zero-order valence-corrected chi connectivity index (χ0v) is 24.9. The van der Waals surface area contributed by atoms with Crippen LogP contribution in [0.1, 0.15) is 51.8 Å². The van der Waals surface area contributed by atoms with Crippen LogP contribution in [0.5, 0.6) is 17.2 Å². The zero-order valence-electron chi connectivity index (χ0n) is 24.9. The van der Waals surface area contributed by atoms with Crippen LogP contribution in [0.4, 0.5) is 0 Å². The molecule has 15 nitrogen and oxygen atoms in total. The molecule has 0 aromatic heterocycles. The molecule has 0 bridgehead atoms. The summed E-state index contributed by atoms with van der Waals surface area (Å²) in [5, 5.41) is 99.9. The van der Waals surface area contributed by atoms with Gasteiger partial charge in [-0.25, -0.2) is 14.4 Å². The van der Waals surface area contributed by atoms with E-state index in [2.05, 4.69) is 0 Å². The van der Waals surface area contributed by atoms with Crippen LogP contribution in [0.3, 0.4) is 0 Å². The first-order valence-electron chi connectivity index (χ1n) is 12.9. The third kappa shape index (κ3) is 25.4. The van der Waals surface area contributed by atoms with E-state index < -0.39 is 36.2 Å². The Hall–Kier alpha value is -4.77. The van der Waals surface area contributed by atoms with E-state index in [1.54, 1.807) is 36.4 Å². The maximum Gasteiger partial charge on any atom is 0.339 e. The van der Waals surface area contributed by atoms with Crippen molar-refractivity contribution in [1.29, 1.82) is 0 Å². The minimum Gasteiger partial charge on any atom is -0.507 e. The number of carbonyl (C=O) groups is 3. The number of aliphatic hydroxyl groups is 6. The van der Waals surface area contributed by atoms with Crippen LogP contribution >= 0.6 is 0 Å². The summed E-state index contributed by atoms with van der Waals surface area (Å²) < 4.78 is 0. The largest absolute Gasteiger partial charge is 0.507 e. The standard InChI is InChI=1S/3C7H6O3.3C3H8O2/c3*8-6-4-2-1-3-5(6)7(9)10;3*1-3(5)2-4/h3*1-4,8H,(H,9,10);3*3-5H,2H2,1H3. The molecule has 3 aromatic rings. The van der Waals surface area contributed by atoms with E-state index in [4.69, 9.17) is 61.3 Å². The average molecular weight is 643 g/mol. The summed E-state index contributed by atoms with van der Waals surface area (Å²) in [6, 6.07) is 17.4. The number of phenols is 3. The Balaban J connectivity index is -0.000000486. The predicted molar refractivity (Wildman–Crippen MR) is 161 cm³/mol. The minimum absolute atomic E-state index is 0.0671. The van der Waals surface area contributed by atoms with Gasteiger partial charge in [-0.3, -0.25) is 0 Å². The first-order valence-corrected chi connectivity index (χ1v) is 12.9. The molecule has 0 spiro atoms. The molecule has 3 aromatic carbocycles. The molecule has 0 saturated heterocycles. The van der Waals surface area contributed by atoms with Gasteiger partial charge in [-0.15, -0.1) is 0 Å². The summed E-state index contributed by atoms with van der Waals surface area (Å²) in [7, 11) is 0. The van der Waals surface area contributed by atoms with E-state index in [-0.39, 0.29) is 53.8 Å². The van der Waals surface area contributed by atoms with Crippen LogP contribution in [-0.2, 0) is 0 Å². The summed E-state index contributed by atoms with van der Waals surface area (Å²) in [6.07, 6.45) is -1.68. The van der Waals surface area contributed by atoms with Crippen LogP contribution in [-0.4, -0.2) is 117 Å². The maximum absolute atomic E-state index is 10.3. The molecule has 0 saturated carbocycles. The number of rotatable bonds is 6. The van der Waals surface area contributed by atoms with Crippen molar-refractivity contribution in [3.05, 3.63) is 89.5 Å². The Morgan fingerprint density at radius 2 is 0.622 bits per heavy atom. The lowest BCUT2D eigenvalue weighted by Crippen LogP contribution is -2.03. The highest BCUT2D eigenvalue weighted by molar-refractivity contribution is 5.91. The molecule has 0 fully saturated rings. The van der Waals surface area contributed by atoms with Crippen LogP contribution in [0.2, 0.25) is 0 Å². The second-order valence-corrected chi connectivity index (χ2v) is 8.56. The molecule has 3 rings (SSSR count). The van der Waals surface area contributed by atoms with Crippen molar-refractivity contribution >= 4 is 17.9 Å². The fourth-order valence-corrected chi connectivity index (χ4v) is 1.96. The molecule has 0 heterocycles. The lowest BCUT2D eigenvalue weighted by Gasteiger charge is -1.95. The molecule has 15 heteroatoms. The van der Waals surface area contributed by atoms with Crippen molar-refractivity contribution in [2.75, 3.05) is 19.8 Å². The predicted octanol–water partition coefficient (Wildman–Crippen LogP) is 1.35. The van der Waals surface area contributed by atoms with Gasteiger partial charge in [0.05, 0.1) is 38.1 Å². The molecule has 3 unspecified atom stereocenters. The summed E-state index contributed by atoms with van der Waals surface area (Å²) in [6.45, 7) is 4.17. The van der Waals surface area contributed by atoms with Gasteiger partial charge in [-0.1, -0.05) is 36.4 Å². The molecule has 0 radical (unpaired) electrons. The number of hydrogen-bond acceptors (Lipinski definition) is 12. The third-order valence-electron chi connectivity index (χ3n) is 4.20. The van der Waals surface area contributed by atoms with Gasteiger partial charge in [0.15, 0.2) is 0 Å². The molecule has 45 heavy (non-hydrogen) atoms. The molecule has 0 amide bonds. The number of aliphatic hydroxyl groups excluding tert-OH is 6. The number of aromatic hydroxyl groups is 3. The van der Waals surface area contributed by atoms with Gasteiger partial charge in [-0.2, -0.15) is 0 Å². The van der Waals surface area contributed by atoms with Crippen molar-refractivity contribution < 1.29 is 75.7 Å². The normalized spacial score (nSPS) is 11.1. The topological polar surface area (TPSA) is 294 Å². The van der Waals surface area contributed by atoms with Crippen LogP contribution < -0.4 is 0 Å². The molecule has 3 atom stereocenters. The van der Waals surface area contributed by atoms with Crippen LogP contribution in [0.25, 0.3) is 0 Å². The number of carboxylic acids is 3. The van der Waals surface area contributed by atoms with Crippen molar-refractivity contribution in [2.45, 2.75) is 39.1 Å². The fraction of sp³-hybridized carbons (Fsp3) is 0.300. The number of aromatic carboxylic acids is 3. The summed E-state index contributed by atoms with van der Waals surface area (Å²) in [5.41, 5.74) is -0.201. The molecule has 252 valence electrons. The Bertz CT molecular complexity index is 1080. The first kappa shape index (κ1) is 44.7. The highest BCUT2D eigenvalue weighted by Crippen LogP contribution is 2.16. The van der Waals surface area contributed by atoms with E-state index in [1.165, 1.54) is 57.2 Å². The molecule has 0 aliphatic heterocycles. The monoisotopic (exact) mass is 642 g/mol. The summed E-state index contributed by atoms with van der Waals surface area (Å²) in [4.78, 5) is 30.8. The highest BCUT2D eigenvalue weighted by Gasteiger charge is 2.07. The Morgan fingerprint density at radius 1 is 0.467 bits per heavy atom. The van der Waals surface area contributed by atoms with Crippen molar-refractivity contribution in [1.82, 2.24) is 0 Å². The number of para-hydroxylation sites is 3. The van der Waals surface area contributed by atoms with Crippen molar-refractivity contribution in [2.24, 2.45) is 0 Å². The van der Waals surface area contributed by atoms with Gasteiger partial charge in [0.2, 0.25) is 0 Å². The highest BCUT2D eigenvalue weighted by atomic mass is 16.4. The minimum atomic E-state index is -1.11. The second-order valence-electron chi connectivity index (χ2n) is 8.56. The molecular weight excluding hydrogens is 600 g/mol. The Labute approximate surface area is 259 Å². The Kier molecular flexibility index (Phi) is 26.6. The van der Waals surface area contributed by atoms with Crippen LogP contribution in [0.15, 0.2) is 72.8 Å². The molecule has 0 aliphatic carbocycles. The number of carboxylic acid groups (broad SMARTS) is 3.